The van der Waals surface area contributed by atoms with Gasteiger partial charge in [0.15, 0.2) is 5.65 Å². The summed E-state index contributed by atoms with van der Waals surface area (Å²) in [7, 11) is 0. The summed E-state index contributed by atoms with van der Waals surface area (Å²) in [5, 5.41) is 7.05. The predicted octanol–water partition coefficient (Wildman–Crippen LogP) is 1.46. The van der Waals surface area contributed by atoms with Gasteiger partial charge in [-0.2, -0.15) is 18.3 Å². The molecule has 2 aromatic heterocycles. The molecule has 0 spiro atoms. The molecule has 4 rings (SSSR count). The van der Waals surface area contributed by atoms with Gasteiger partial charge in [-0.05, 0) is 12.1 Å². The zero-order valence-corrected chi connectivity index (χ0v) is 15.3. The second-order valence-electron chi connectivity index (χ2n) is 6.82. The largest absolute Gasteiger partial charge is 0.406 e. The van der Waals surface area contributed by atoms with Crippen LogP contribution < -0.4 is 10.9 Å². The van der Waals surface area contributed by atoms with E-state index in [1.807, 2.05) is 0 Å². The lowest BCUT2D eigenvalue weighted by atomic mass is 10.1. The van der Waals surface area contributed by atoms with E-state index < -0.39 is 30.5 Å². The molecule has 3 heterocycles. The number of likely N-dealkylation sites (tertiary alicyclic amines) is 1. The number of nitrogens with one attached hydrogen (secondary N) is 2. The fraction of sp³-hybridized carbons (Fsp3) is 0.278. The van der Waals surface area contributed by atoms with Crippen molar-refractivity contribution in [3.05, 3.63) is 47.1 Å². The molecule has 12 heteroatoms. The molecule has 2 N–H and O–H groups in total. The topological polar surface area (TPSA) is 113 Å². The molecule has 30 heavy (non-hydrogen) atoms. The summed E-state index contributed by atoms with van der Waals surface area (Å²) in [6.07, 6.45) is -2.26. The molecule has 1 atom stereocenters. The van der Waals surface area contributed by atoms with Crippen LogP contribution >= 0.6 is 0 Å². The van der Waals surface area contributed by atoms with Crippen molar-refractivity contribution in [2.45, 2.75) is 12.6 Å². The van der Waals surface area contributed by atoms with E-state index in [-0.39, 0.29) is 29.6 Å². The van der Waals surface area contributed by atoms with Crippen molar-refractivity contribution in [2.24, 2.45) is 5.92 Å². The van der Waals surface area contributed by atoms with Crippen LogP contribution in [0.15, 0.2) is 41.6 Å². The maximum atomic E-state index is 12.6. The van der Waals surface area contributed by atoms with Crippen molar-refractivity contribution in [2.75, 3.05) is 18.4 Å². The average Bonchev–Trinajstić information content (AvgIpc) is 3.26. The number of fused-ring (bicyclic) bond motifs is 1. The number of aromatic amines is 1. The minimum Gasteiger partial charge on any atom is -0.333 e. The monoisotopic (exact) mass is 420 g/mol. The smallest absolute Gasteiger partial charge is 0.333 e. The number of rotatable bonds is 4. The number of anilines is 1. The molecule has 1 saturated heterocycles. The first kappa shape index (κ1) is 19.6. The first-order valence-corrected chi connectivity index (χ1v) is 8.89. The summed E-state index contributed by atoms with van der Waals surface area (Å²) in [4.78, 5) is 43.5. The Bertz CT molecular complexity index is 1190. The Kier molecular flexibility index (Phi) is 4.76. The number of amides is 2. The summed E-state index contributed by atoms with van der Waals surface area (Å²) in [5.74, 6) is -2.21. The van der Waals surface area contributed by atoms with Gasteiger partial charge in [0.1, 0.15) is 11.9 Å². The van der Waals surface area contributed by atoms with E-state index in [1.54, 1.807) is 24.3 Å². The number of H-pyrrole nitrogens is 1. The Morgan fingerprint density at radius 1 is 1.27 bits per heavy atom. The van der Waals surface area contributed by atoms with Crippen LogP contribution in [0.25, 0.3) is 16.7 Å². The van der Waals surface area contributed by atoms with Gasteiger partial charge in [-0.25, -0.2) is 9.67 Å². The van der Waals surface area contributed by atoms with Crippen LogP contribution in [0.4, 0.5) is 18.9 Å². The fourth-order valence-electron chi connectivity index (χ4n) is 3.35. The van der Waals surface area contributed by atoms with Gasteiger partial charge in [-0.15, -0.1) is 0 Å². The molecule has 3 aromatic rings. The second kappa shape index (κ2) is 7.28. The number of nitrogens with zero attached hydrogens (tertiary/aromatic N) is 4. The van der Waals surface area contributed by atoms with Gasteiger partial charge < -0.3 is 15.2 Å². The lowest BCUT2D eigenvalue weighted by Crippen LogP contribution is -2.36. The fourth-order valence-corrected chi connectivity index (χ4v) is 3.35. The predicted molar refractivity (Wildman–Crippen MR) is 98.9 cm³/mol. The van der Waals surface area contributed by atoms with E-state index >= 15 is 0 Å². The molecule has 1 aromatic carbocycles. The standard InChI is InChI=1S/C18H15F3N6O3/c19-18(20,21)8-26-7-10(5-14(26)28)16(29)25-12-3-1-2-4-13(12)27-15-11(6-24-27)17(30)23-9-22-15/h1-4,6,9-10H,5,7-8H2,(H,25,29)(H,22,23,30). The van der Waals surface area contributed by atoms with Crippen LogP contribution in [0, 0.1) is 5.92 Å². The second-order valence-corrected chi connectivity index (χ2v) is 6.82. The third-order valence-corrected chi connectivity index (χ3v) is 4.72. The maximum Gasteiger partial charge on any atom is 0.406 e. The zero-order chi connectivity index (χ0) is 21.5. The van der Waals surface area contributed by atoms with E-state index in [2.05, 4.69) is 20.4 Å². The summed E-state index contributed by atoms with van der Waals surface area (Å²) in [6, 6.07) is 6.56. The summed E-state index contributed by atoms with van der Waals surface area (Å²) < 4.78 is 39.1. The average molecular weight is 420 g/mol. The number of benzene rings is 1. The molecule has 0 aliphatic carbocycles. The van der Waals surface area contributed by atoms with Gasteiger partial charge in [0.05, 0.1) is 29.8 Å². The highest BCUT2D eigenvalue weighted by Gasteiger charge is 2.40. The highest BCUT2D eigenvalue weighted by molar-refractivity contribution is 5.98. The number of carbonyl (C=O) groups is 2. The Balaban J connectivity index is 1.58. The van der Waals surface area contributed by atoms with E-state index in [0.717, 1.165) is 0 Å². The van der Waals surface area contributed by atoms with Crippen LogP contribution in [0.1, 0.15) is 6.42 Å². The lowest BCUT2D eigenvalue weighted by Gasteiger charge is -2.18. The highest BCUT2D eigenvalue weighted by Crippen LogP contribution is 2.27. The molecule has 9 nitrogen and oxygen atoms in total. The van der Waals surface area contributed by atoms with E-state index in [0.29, 0.717) is 16.3 Å². The number of carbonyl (C=O) groups excluding carboxylic acids is 2. The molecule has 1 unspecified atom stereocenters. The summed E-state index contributed by atoms with van der Waals surface area (Å²) in [6.45, 7) is -1.69. The maximum absolute atomic E-state index is 12.6. The zero-order valence-electron chi connectivity index (χ0n) is 15.3. The summed E-state index contributed by atoms with van der Waals surface area (Å²) in [5.41, 5.74) is 0.626. The number of aromatic nitrogens is 4. The van der Waals surface area contributed by atoms with Gasteiger partial charge in [0, 0.05) is 13.0 Å². The lowest BCUT2D eigenvalue weighted by molar-refractivity contribution is -0.157. The van der Waals surface area contributed by atoms with Crippen molar-refractivity contribution in [1.29, 1.82) is 0 Å². The molecule has 0 saturated carbocycles. The Morgan fingerprint density at radius 3 is 2.80 bits per heavy atom. The number of halogens is 3. The molecular formula is C18H15F3N6O3. The molecule has 2 amide bonds. The highest BCUT2D eigenvalue weighted by atomic mass is 19.4. The van der Waals surface area contributed by atoms with E-state index in [9.17, 15) is 27.6 Å². The molecule has 156 valence electrons. The van der Waals surface area contributed by atoms with Gasteiger partial charge in [0.2, 0.25) is 11.8 Å². The summed E-state index contributed by atoms with van der Waals surface area (Å²) >= 11 is 0. The van der Waals surface area contributed by atoms with Gasteiger partial charge >= 0.3 is 6.18 Å². The van der Waals surface area contributed by atoms with E-state index in [4.69, 9.17) is 0 Å². The molecule has 1 aliphatic heterocycles. The quantitative estimate of drug-likeness (QED) is 0.664. The van der Waals surface area contributed by atoms with Crippen LogP contribution in [0.5, 0.6) is 0 Å². The number of hydrogen-bond donors (Lipinski definition) is 2. The van der Waals surface area contributed by atoms with E-state index in [1.165, 1.54) is 17.2 Å². The van der Waals surface area contributed by atoms with Gasteiger partial charge in [0.25, 0.3) is 5.56 Å². The minimum absolute atomic E-state index is 0.253. The molecule has 0 bridgehead atoms. The van der Waals surface area contributed by atoms with Crippen molar-refractivity contribution >= 4 is 28.5 Å². The molecular weight excluding hydrogens is 405 g/mol. The van der Waals surface area contributed by atoms with Crippen LogP contribution in [0.2, 0.25) is 0 Å². The Labute approximate surface area is 166 Å². The number of hydrogen-bond acceptors (Lipinski definition) is 5. The first-order chi connectivity index (χ1) is 14.2. The Morgan fingerprint density at radius 2 is 2.03 bits per heavy atom. The molecule has 1 fully saturated rings. The molecule has 0 radical (unpaired) electrons. The normalized spacial score (nSPS) is 17.0. The third kappa shape index (κ3) is 3.75. The van der Waals surface area contributed by atoms with Crippen molar-refractivity contribution in [1.82, 2.24) is 24.6 Å². The number of alkyl halides is 3. The van der Waals surface area contributed by atoms with Crippen LogP contribution in [-0.2, 0) is 9.59 Å². The third-order valence-electron chi connectivity index (χ3n) is 4.72. The first-order valence-electron chi connectivity index (χ1n) is 8.89. The SMILES string of the molecule is O=C(Nc1ccccc1-n1ncc2c(=O)[nH]cnc21)C1CC(=O)N(CC(F)(F)F)C1. The Hall–Kier alpha value is -3.70. The van der Waals surface area contributed by atoms with Crippen molar-refractivity contribution in [3.8, 4) is 5.69 Å². The van der Waals surface area contributed by atoms with Crippen LogP contribution in [-0.4, -0.2) is 55.7 Å². The molecule has 1 aliphatic rings. The van der Waals surface area contributed by atoms with Gasteiger partial charge in [-0.1, -0.05) is 12.1 Å². The van der Waals surface area contributed by atoms with Crippen LogP contribution in [0.3, 0.4) is 0 Å². The van der Waals surface area contributed by atoms with Crippen molar-refractivity contribution < 1.29 is 22.8 Å². The minimum atomic E-state index is -4.53. The number of para-hydroxylation sites is 2. The van der Waals surface area contributed by atoms with Crippen molar-refractivity contribution in [3.63, 3.8) is 0 Å². The van der Waals surface area contributed by atoms with Gasteiger partial charge in [-0.3, -0.25) is 14.4 Å².